The van der Waals surface area contributed by atoms with E-state index in [9.17, 15) is 14.4 Å². The van der Waals surface area contributed by atoms with Crippen LogP contribution in [0.2, 0.25) is 0 Å². The van der Waals surface area contributed by atoms with Crippen molar-refractivity contribution in [2.24, 2.45) is 0 Å². The van der Waals surface area contributed by atoms with Gasteiger partial charge in [-0.2, -0.15) is 0 Å². The van der Waals surface area contributed by atoms with E-state index in [1.165, 1.54) is 148 Å². The molecule has 1 atom stereocenters. The lowest BCUT2D eigenvalue weighted by Gasteiger charge is -2.18. The van der Waals surface area contributed by atoms with Crippen LogP contribution in [0.3, 0.4) is 0 Å². The first-order valence-electron chi connectivity index (χ1n) is 28.3. The van der Waals surface area contributed by atoms with Gasteiger partial charge in [0.15, 0.2) is 6.10 Å². The molecule has 0 rings (SSSR count). The molecular formula is C60H106O6. The van der Waals surface area contributed by atoms with Gasteiger partial charge in [0, 0.05) is 19.3 Å². The molecule has 0 heterocycles. The average molecular weight is 924 g/mol. The third kappa shape index (κ3) is 52.1. The van der Waals surface area contributed by atoms with Crippen molar-refractivity contribution in [2.45, 2.75) is 290 Å². The lowest BCUT2D eigenvalue weighted by atomic mass is 10.0. The normalized spacial score (nSPS) is 12.5. The quantitative estimate of drug-likeness (QED) is 0.0262. The van der Waals surface area contributed by atoms with Crippen LogP contribution in [0.1, 0.15) is 284 Å². The van der Waals surface area contributed by atoms with Crippen molar-refractivity contribution in [2.75, 3.05) is 13.2 Å². The monoisotopic (exact) mass is 923 g/mol. The van der Waals surface area contributed by atoms with E-state index in [0.29, 0.717) is 19.3 Å². The van der Waals surface area contributed by atoms with E-state index in [-0.39, 0.29) is 31.1 Å². The predicted octanol–water partition coefficient (Wildman–Crippen LogP) is 18.8. The topological polar surface area (TPSA) is 78.9 Å². The highest BCUT2D eigenvalue weighted by Crippen LogP contribution is 2.16. The highest BCUT2D eigenvalue weighted by molar-refractivity contribution is 5.71. The summed E-state index contributed by atoms with van der Waals surface area (Å²) in [7, 11) is 0. The smallest absolute Gasteiger partial charge is 0.306 e. The summed E-state index contributed by atoms with van der Waals surface area (Å²) >= 11 is 0. The van der Waals surface area contributed by atoms with Crippen molar-refractivity contribution in [3.05, 3.63) is 60.8 Å². The van der Waals surface area contributed by atoms with Gasteiger partial charge in [0.2, 0.25) is 0 Å². The Morgan fingerprint density at radius 3 is 0.970 bits per heavy atom. The molecule has 66 heavy (non-hydrogen) atoms. The van der Waals surface area contributed by atoms with Crippen molar-refractivity contribution in [1.82, 2.24) is 0 Å². The molecule has 0 bridgehead atoms. The van der Waals surface area contributed by atoms with Crippen molar-refractivity contribution >= 4 is 17.9 Å². The Morgan fingerprint density at radius 2 is 0.591 bits per heavy atom. The van der Waals surface area contributed by atoms with Gasteiger partial charge < -0.3 is 14.2 Å². The molecular weight excluding hydrogens is 817 g/mol. The van der Waals surface area contributed by atoms with E-state index in [4.69, 9.17) is 14.2 Å². The zero-order chi connectivity index (χ0) is 47.9. The van der Waals surface area contributed by atoms with E-state index in [0.717, 1.165) is 96.3 Å². The van der Waals surface area contributed by atoms with Gasteiger partial charge in [-0.05, 0) is 83.5 Å². The number of unbranched alkanes of at least 4 members (excludes halogenated alkanes) is 30. The third-order valence-corrected chi connectivity index (χ3v) is 12.3. The molecule has 0 saturated carbocycles. The molecule has 6 heteroatoms. The molecule has 0 aromatic heterocycles. The van der Waals surface area contributed by atoms with Crippen LogP contribution in [0.25, 0.3) is 0 Å². The fourth-order valence-electron chi connectivity index (χ4n) is 8.02. The lowest BCUT2D eigenvalue weighted by Crippen LogP contribution is -2.30. The maximum atomic E-state index is 12.8. The van der Waals surface area contributed by atoms with Crippen LogP contribution < -0.4 is 0 Å². The van der Waals surface area contributed by atoms with Crippen LogP contribution in [0.4, 0.5) is 0 Å². The molecule has 0 aliphatic heterocycles. The predicted molar refractivity (Wildman–Crippen MR) is 284 cm³/mol. The van der Waals surface area contributed by atoms with Crippen LogP contribution in [0.5, 0.6) is 0 Å². The minimum atomic E-state index is -0.773. The summed E-state index contributed by atoms with van der Waals surface area (Å²) in [6, 6.07) is 0. The number of carbonyl (C=O) groups is 3. The molecule has 0 aliphatic carbocycles. The molecule has 0 saturated heterocycles. The van der Waals surface area contributed by atoms with Crippen molar-refractivity contribution < 1.29 is 28.6 Å². The van der Waals surface area contributed by atoms with Crippen molar-refractivity contribution in [1.29, 1.82) is 0 Å². The fraction of sp³-hybridized carbons (Fsp3) is 0.783. The van der Waals surface area contributed by atoms with Crippen LogP contribution in [0.15, 0.2) is 60.8 Å². The number of allylic oxidation sites excluding steroid dienone is 10. The number of ether oxygens (including phenoxy) is 3. The summed E-state index contributed by atoms with van der Waals surface area (Å²) in [5.74, 6) is -0.879. The fourth-order valence-corrected chi connectivity index (χ4v) is 8.02. The van der Waals surface area contributed by atoms with Crippen LogP contribution in [0, 0.1) is 0 Å². The van der Waals surface area contributed by atoms with Gasteiger partial charge >= 0.3 is 17.9 Å². The lowest BCUT2D eigenvalue weighted by molar-refractivity contribution is -0.167. The average Bonchev–Trinajstić information content (AvgIpc) is 3.31. The molecule has 6 nitrogen and oxygen atoms in total. The Bertz CT molecular complexity index is 1200. The Balaban J connectivity index is 4.13. The summed E-state index contributed by atoms with van der Waals surface area (Å²) < 4.78 is 16.8. The van der Waals surface area contributed by atoms with Crippen LogP contribution in [-0.2, 0) is 28.6 Å². The second-order valence-electron chi connectivity index (χ2n) is 18.8. The summed E-state index contributed by atoms with van der Waals surface area (Å²) in [4.78, 5) is 37.9. The summed E-state index contributed by atoms with van der Waals surface area (Å²) in [5.41, 5.74) is 0. The largest absolute Gasteiger partial charge is 0.462 e. The number of carbonyl (C=O) groups excluding carboxylic acids is 3. The molecule has 0 aromatic rings. The number of rotatable bonds is 51. The zero-order valence-corrected chi connectivity index (χ0v) is 43.7. The second-order valence-corrected chi connectivity index (χ2v) is 18.8. The molecule has 0 N–H and O–H groups in total. The number of hydrogen-bond acceptors (Lipinski definition) is 6. The molecule has 0 fully saturated rings. The summed E-state index contributed by atoms with van der Waals surface area (Å²) in [5, 5.41) is 0. The Morgan fingerprint density at radius 1 is 0.318 bits per heavy atom. The third-order valence-electron chi connectivity index (χ3n) is 12.3. The first-order valence-corrected chi connectivity index (χ1v) is 28.3. The van der Waals surface area contributed by atoms with E-state index < -0.39 is 6.10 Å². The molecule has 0 radical (unpaired) electrons. The van der Waals surface area contributed by atoms with Crippen molar-refractivity contribution in [3.63, 3.8) is 0 Å². The molecule has 0 aromatic carbocycles. The molecule has 1 unspecified atom stereocenters. The van der Waals surface area contributed by atoms with Gasteiger partial charge in [0.1, 0.15) is 13.2 Å². The van der Waals surface area contributed by atoms with Gasteiger partial charge in [-0.3, -0.25) is 14.4 Å². The molecule has 382 valence electrons. The van der Waals surface area contributed by atoms with Gasteiger partial charge in [-0.1, -0.05) is 242 Å². The Hall–Kier alpha value is -2.89. The maximum Gasteiger partial charge on any atom is 0.306 e. The zero-order valence-electron chi connectivity index (χ0n) is 43.7. The Kier molecular flexibility index (Phi) is 52.3. The van der Waals surface area contributed by atoms with Crippen LogP contribution >= 0.6 is 0 Å². The second kappa shape index (κ2) is 54.7. The molecule has 0 aliphatic rings. The minimum absolute atomic E-state index is 0.0744. The van der Waals surface area contributed by atoms with E-state index >= 15 is 0 Å². The maximum absolute atomic E-state index is 12.8. The first-order chi connectivity index (χ1) is 32.5. The van der Waals surface area contributed by atoms with Crippen LogP contribution in [-0.4, -0.2) is 37.2 Å². The van der Waals surface area contributed by atoms with E-state index in [2.05, 4.69) is 81.5 Å². The summed E-state index contributed by atoms with van der Waals surface area (Å²) in [6.07, 6.45) is 68.0. The molecule has 0 spiro atoms. The summed E-state index contributed by atoms with van der Waals surface area (Å²) in [6.45, 7) is 6.49. The van der Waals surface area contributed by atoms with Gasteiger partial charge in [0.25, 0.3) is 0 Å². The highest BCUT2D eigenvalue weighted by Gasteiger charge is 2.19. The number of esters is 3. The van der Waals surface area contributed by atoms with Gasteiger partial charge in [-0.15, -0.1) is 0 Å². The van der Waals surface area contributed by atoms with E-state index in [1.54, 1.807) is 0 Å². The van der Waals surface area contributed by atoms with Gasteiger partial charge in [0.05, 0.1) is 0 Å². The Labute approximate surface area is 409 Å². The highest BCUT2D eigenvalue weighted by atomic mass is 16.6. The minimum Gasteiger partial charge on any atom is -0.462 e. The van der Waals surface area contributed by atoms with Gasteiger partial charge in [-0.25, -0.2) is 0 Å². The number of hydrogen-bond donors (Lipinski definition) is 0. The standard InChI is InChI=1S/C60H106O6/c1-4-7-10-13-16-19-21-23-24-25-26-27-28-29-30-31-32-33-34-35-36-37-39-41-44-47-50-53-59(62)65-56-57(55-64-58(61)52-49-46-43-40-18-15-12-9-6-3)66-60(63)54-51-48-45-42-38-22-20-17-14-11-8-5-2/h7,10,16-17,19-20,23-24,26-27,57H,4-6,8-9,11-15,18,21-22,25,28-56H2,1-3H3/b10-7-,19-16-,20-17-,24-23-,27-26-. The SMILES string of the molecule is CC/C=C\C/C=C\C/C=C\C/C=C\CCCCCCCCCCCCCCCCC(=O)OCC(COC(=O)CCCCCCCCCCC)OC(=O)CCCCCCC/C=C\CCCCC. The van der Waals surface area contributed by atoms with E-state index in [1.807, 2.05) is 0 Å². The van der Waals surface area contributed by atoms with Crippen molar-refractivity contribution in [3.8, 4) is 0 Å². The molecule has 0 amide bonds. The first kappa shape index (κ1) is 63.1.